The Balaban J connectivity index is 1.82. The summed E-state index contributed by atoms with van der Waals surface area (Å²) < 4.78 is 7.06. The van der Waals surface area contributed by atoms with E-state index in [9.17, 15) is 9.59 Å². The Morgan fingerprint density at radius 3 is 3.00 bits per heavy atom. The topological polar surface area (TPSA) is 99.0 Å². The Labute approximate surface area is 140 Å². The van der Waals surface area contributed by atoms with Crippen LogP contribution in [0, 0.1) is 0 Å². The van der Waals surface area contributed by atoms with E-state index in [4.69, 9.17) is 4.74 Å². The van der Waals surface area contributed by atoms with Crippen molar-refractivity contribution in [2.75, 3.05) is 17.7 Å². The maximum Gasteiger partial charge on any atom is 0.316 e. The van der Waals surface area contributed by atoms with Crippen molar-refractivity contribution in [2.45, 2.75) is 11.3 Å². The zero-order valence-corrected chi connectivity index (χ0v) is 14.2. The second kappa shape index (κ2) is 8.44. The third-order valence-corrected chi connectivity index (χ3v) is 4.35. The molecule has 0 radical (unpaired) electrons. The average Bonchev–Trinajstić information content (AvgIpc) is 3.12. The number of hydrogen-bond acceptors (Lipinski definition) is 8. The summed E-state index contributed by atoms with van der Waals surface area (Å²) in [6.07, 6.45) is 6.49. The van der Waals surface area contributed by atoms with E-state index in [0.717, 1.165) is 5.56 Å². The molecule has 0 spiro atoms. The van der Waals surface area contributed by atoms with Gasteiger partial charge >= 0.3 is 5.97 Å². The molecule has 2 heterocycles. The van der Waals surface area contributed by atoms with Crippen LogP contribution in [0.15, 0.2) is 22.8 Å². The Morgan fingerprint density at radius 1 is 1.48 bits per heavy atom. The van der Waals surface area contributed by atoms with Crippen molar-refractivity contribution in [1.29, 1.82) is 0 Å². The number of aromatic nitrogens is 4. The van der Waals surface area contributed by atoms with Crippen molar-refractivity contribution >= 4 is 46.2 Å². The number of carbonyl (C=O) groups is 2. The van der Waals surface area contributed by atoms with Crippen molar-refractivity contribution in [3.05, 3.63) is 24.0 Å². The molecule has 1 amide bonds. The molecule has 1 N–H and O–H groups in total. The minimum Gasteiger partial charge on any atom is -0.465 e. The van der Waals surface area contributed by atoms with Crippen LogP contribution in [0.5, 0.6) is 0 Å². The molecule has 0 fully saturated rings. The molecule has 2 rings (SSSR count). The quantitative estimate of drug-likeness (QED) is 0.349. The summed E-state index contributed by atoms with van der Waals surface area (Å²) in [6.45, 7) is 2.10. The fraction of sp³-hybridized carbons (Fsp3) is 0.308. The number of ether oxygens (including phenoxy) is 1. The van der Waals surface area contributed by atoms with Gasteiger partial charge in [-0.05, 0) is 13.0 Å². The normalized spacial score (nSPS) is 10.9. The van der Waals surface area contributed by atoms with Gasteiger partial charge in [-0.2, -0.15) is 5.10 Å². The molecule has 122 valence electrons. The zero-order chi connectivity index (χ0) is 16.7. The van der Waals surface area contributed by atoms with Crippen LogP contribution >= 0.6 is 23.1 Å². The molecule has 0 aliphatic heterocycles. The fourth-order valence-electron chi connectivity index (χ4n) is 1.49. The smallest absolute Gasteiger partial charge is 0.316 e. The number of nitrogens with one attached hydrogen (secondary N) is 1. The third-order valence-electron chi connectivity index (χ3n) is 2.41. The maximum atomic E-state index is 11.8. The van der Waals surface area contributed by atoms with Gasteiger partial charge in [0.05, 0.1) is 18.6 Å². The van der Waals surface area contributed by atoms with Gasteiger partial charge < -0.3 is 4.74 Å². The molecule has 0 saturated carbocycles. The van der Waals surface area contributed by atoms with Crippen LogP contribution < -0.4 is 5.32 Å². The summed E-state index contributed by atoms with van der Waals surface area (Å²) in [5.41, 5.74) is 0.825. The van der Waals surface area contributed by atoms with E-state index < -0.39 is 0 Å². The lowest BCUT2D eigenvalue weighted by molar-refractivity contribution is -0.139. The van der Waals surface area contributed by atoms with Gasteiger partial charge in [0.25, 0.3) is 0 Å². The number of nitrogens with zero attached hydrogens (tertiary/aromatic N) is 4. The first-order chi connectivity index (χ1) is 11.1. The highest BCUT2D eigenvalue weighted by Crippen LogP contribution is 2.25. The van der Waals surface area contributed by atoms with Gasteiger partial charge in [-0.25, -0.2) is 0 Å². The van der Waals surface area contributed by atoms with Gasteiger partial charge in [-0.1, -0.05) is 23.1 Å². The SMILES string of the molecule is CCOC(=O)CSc1nnc(NC(=O)/C=C/c2cnn(C)c2)s1. The van der Waals surface area contributed by atoms with Crippen molar-refractivity contribution in [3.63, 3.8) is 0 Å². The number of anilines is 1. The first-order valence-corrected chi connectivity index (χ1v) is 8.46. The van der Waals surface area contributed by atoms with Crippen molar-refractivity contribution < 1.29 is 14.3 Å². The van der Waals surface area contributed by atoms with Gasteiger partial charge in [-0.3, -0.25) is 19.6 Å². The van der Waals surface area contributed by atoms with Crippen LogP contribution in [0.1, 0.15) is 12.5 Å². The van der Waals surface area contributed by atoms with E-state index in [2.05, 4.69) is 20.6 Å². The molecule has 0 unspecified atom stereocenters. The Bertz CT molecular complexity index is 710. The molecular weight excluding hydrogens is 338 g/mol. The van der Waals surface area contributed by atoms with Gasteiger partial charge in [0.2, 0.25) is 11.0 Å². The summed E-state index contributed by atoms with van der Waals surface area (Å²) in [5.74, 6) is -0.457. The molecule has 2 aromatic heterocycles. The van der Waals surface area contributed by atoms with Crippen LogP contribution in [0.4, 0.5) is 5.13 Å². The van der Waals surface area contributed by atoms with Crippen LogP contribution in [-0.4, -0.2) is 44.2 Å². The van der Waals surface area contributed by atoms with Crippen LogP contribution in [0.2, 0.25) is 0 Å². The summed E-state index contributed by atoms with van der Waals surface area (Å²) in [4.78, 5) is 23.0. The van der Waals surface area contributed by atoms with Crippen molar-refractivity contribution in [1.82, 2.24) is 20.0 Å². The third kappa shape index (κ3) is 5.83. The van der Waals surface area contributed by atoms with Crippen LogP contribution in [0.25, 0.3) is 6.08 Å². The highest BCUT2D eigenvalue weighted by atomic mass is 32.2. The Kier molecular flexibility index (Phi) is 6.29. The van der Waals surface area contributed by atoms with Gasteiger partial charge in [0.1, 0.15) is 0 Å². The molecule has 0 saturated heterocycles. The van der Waals surface area contributed by atoms with E-state index in [0.29, 0.717) is 16.1 Å². The number of thioether (sulfide) groups is 1. The number of hydrogen-bond donors (Lipinski definition) is 1. The predicted molar refractivity (Wildman–Crippen MR) is 88.1 cm³/mol. The summed E-state index contributed by atoms with van der Waals surface area (Å²) in [5, 5.41) is 14.7. The molecule has 23 heavy (non-hydrogen) atoms. The first-order valence-electron chi connectivity index (χ1n) is 6.66. The van der Waals surface area contributed by atoms with Crippen LogP contribution in [-0.2, 0) is 21.4 Å². The molecule has 2 aromatic rings. The molecule has 0 aromatic carbocycles. The second-order valence-electron chi connectivity index (χ2n) is 4.24. The first kappa shape index (κ1) is 17.2. The molecule has 0 aliphatic carbocycles. The molecule has 8 nitrogen and oxygen atoms in total. The molecule has 0 bridgehead atoms. The predicted octanol–water partition coefficient (Wildman–Crippen LogP) is 1.58. The van der Waals surface area contributed by atoms with E-state index in [-0.39, 0.29) is 17.6 Å². The number of aryl methyl sites for hydroxylation is 1. The van der Waals surface area contributed by atoms with Crippen LogP contribution in [0.3, 0.4) is 0 Å². The highest BCUT2D eigenvalue weighted by molar-refractivity contribution is 8.01. The standard InChI is InChI=1S/C13H15N5O3S2/c1-3-21-11(20)8-22-13-17-16-12(23-13)15-10(19)5-4-9-6-14-18(2)7-9/h4-7H,3,8H2,1-2H3,(H,15,16,19)/b5-4+. The highest BCUT2D eigenvalue weighted by Gasteiger charge is 2.09. The van der Waals surface area contributed by atoms with Crippen molar-refractivity contribution in [2.24, 2.45) is 7.05 Å². The number of amides is 1. The zero-order valence-electron chi connectivity index (χ0n) is 12.6. The van der Waals surface area contributed by atoms with Gasteiger partial charge in [0.15, 0.2) is 4.34 Å². The van der Waals surface area contributed by atoms with E-state index in [1.807, 2.05) is 0 Å². The lowest BCUT2D eigenvalue weighted by atomic mass is 10.3. The second-order valence-corrected chi connectivity index (χ2v) is 6.44. The number of rotatable bonds is 7. The lowest BCUT2D eigenvalue weighted by Crippen LogP contribution is -2.07. The average molecular weight is 353 g/mol. The molecule has 0 aliphatic rings. The number of esters is 1. The minimum absolute atomic E-state index is 0.164. The molecular formula is C13H15N5O3S2. The largest absolute Gasteiger partial charge is 0.465 e. The van der Waals surface area contributed by atoms with E-state index in [1.54, 1.807) is 37.1 Å². The summed E-state index contributed by atoms with van der Waals surface area (Å²) in [6, 6.07) is 0. The van der Waals surface area contributed by atoms with Gasteiger partial charge in [0, 0.05) is 24.9 Å². The Morgan fingerprint density at radius 2 is 2.30 bits per heavy atom. The number of carbonyl (C=O) groups excluding carboxylic acids is 2. The van der Waals surface area contributed by atoms with Gasteiger partial charge in [-0.15, -0.1) is 10.2 Å². The summed E-state index contributed by atoms with van der Waals surface area (Å²) >= 11 is 2.42. The summed E-state index contributed by atoms with van der Waals surface area (Å²) in [7, 11) is 1.80. The minimum atomic E-state index is -0.313. The molecule has 0 atom stereocenters. The Hall–Kier alpha value is -2.20. The molecule has 10 heteroatoms. The fourth-order valence-corrected chi connectivity index (χ4v) is 3.04. The monoisotopic (exact) mass is 353 g/mol. The van der Waals surface area contributed by atoms with Crippen molar-refractivity contribution in [3.8, 4) is 0 Å². The lowest BCUT2D eigenvalue weighted by Gasteiger charge is -1.98. The van der Waals surface area contributed by atoms with E-state index in [1.165, 1.54) is 29.2 Å². The maximum absolute atomic E-state index is 11.8. The van der Waals surface area contributed by atoms with E-state index >= 15 is 0 Å².